The molecule has 7 nitrogen and oxygen atoms in total. The first-order valence-electron chi connectivity index (χ1n) is 10.4. The summed E-state index contributed by atoms with van der Waals surface area (Å²) in [4.78, 5) is 47.4. The Morgan fingerprint density at radius 2 is 1.87 bits per heavy atom. The summed E-state index contributed by atoms with van der Waals surface area (Å²) < 4.78 is 0. The van der Waals surface area contributed by atoms with E-state index in [-0.39, 0.29) is 24.3 Å². The van der Waals surface area contributed by atoms with E-state index < -0.39 is 5.97 Å². The van der Waals surface area contributed by atoms with Crippen molar-refractivity contribution < 1.29 is 29.2 Å². The second-order valence-corrected chi connectivity index (χ2v) is 8.63. The largest absolute Gasteiger partial charge is 0.349 e. The van der Waals surface area contributed by atoms with E-state index in [1.54, 1.807) is 31.2 Å². The van der Waals surface area contributed by atoms with Gasteiger partial charge in [-0.15, -0.1) is 0 Å². The summed E-state index contributed by atoms with van der Waals surface area (Å²) >= 11 is 0. The van der Waals surface area contributed by atoms with Crippen molar-refractivity contribution in [3.8, 4) is 0 Å². The smallest absolute Gasteiger partial charge is 0.269 e. The molecule has 1 saturated carbocycles. The van der Waals surface area contributed by atoms with Crippen LogP contribution in [0, 0.1) is 17.8 Å². The number of rotatable bonds is 7. The quantitative estimate of drug-likeness (QED) is 0.381. The van der Waals surface area contributed by atoms with Crippen molar-refractivity contribution in [1.29, 1.82) is 0 Å². The number of benzene rings is 1. The Bertz CT molecular complexity index is 829. The first-order chi connectivity index (χ1) is 14.3. The monoisotopic (exact) mass is 415 g/mol. The van der Waals surface area contributed by atoms with Crippen LogP contribution in [-0.2, 0) is 35.6 Å². The molecule has 3 rings (SSSR count). The zero-order chi connectivity index (χ0) is 21.8. The Balaban J connectivity index is 1.48. The fraction of sp³-hybridized carbons (Fsp3) is 0.522. The normalized spacial score (nSPS) is 24.4. The molecule has 0 N–H and O–H groups in total. The maximum absolute atomic E-state index is 12.1. The third-order valence-electron chi connectivity index (χ3n) is 5.89. The molecule has 0 radical (unpaired) electrons. The maximum atomic E-state index is 12.1. The molecule has 1 aromatic carbocycles. The van der Waals surface area contributed by atoms with Crippen LogP contribution in [-0.4, -0.2) is 23.9 Å². The molecule has 3 atom stereocenters. The second kappa shape index (κ2) is 9.53. The van der Waals surface area contributed by atoms with Gasteiger partial charge in [0.1, 0.15) is 6.10 Å². The van der Waals surface area contributed by atoms with Crippen molar-refractivity contribution in [2.45, 2.75) is 59.5 Å². The molecule has 0 bridgehead atoms. The summed E-state index contributed by atoms with van der Waals surface area (Å²) in [5, 5.41) is 4.83. The van der Waals surface area contributed by atoms with Crippen LogP contribution in [0.5, 0.6) is 0 Å². The van der Waals surface area contributed by atoms with Crippen molar-refractivity contribution in [3.63, 3.8) is 0 Å². The maximum Gasteiger partial charge on any atom is 0.349 e. The number of imide groups is 1. The molecule has 162 valence electrons. The van der Waals surface area contributed by atoms with Gasteiger partial charge in [-0.3, -0.25) is 14.5 Å². The topological polar surface area (TPSA) is 82.1 Å². The van der Waals surface area contributed by atoms with Gasteiger partial charge in [-0.2, -0.15) is 4.89 Å². The second-order valence-electron chi connectivity index (χ2n) is 8.63. The Kier molecular flexibility index (Phi) is 7.05. The van der Waals surface area contributed by atoms with E-state index in [0.29, 0.717) is 34.6 Å². The van der Waals surface area contributed by atoms with Gasteiger partial charge >= 0.3 is 5.97 Å². The predicted molar refractivity (Wildman–Crippen MR) is 110 cm³/mol. The Hall–Kier alpha value is -2.51. The van der Waals surface area contributed by atoms with E-state index in [2.05, 4.69) is 20.8 Å². The molecule has 2 amide bonds. The molecule has 0 spiro atoms. The van der Waals surface area contributed by atoms with Gasteiger partial charge in [0.25, 0.3) is 11.8 Å². The van der Waals surface area contributed by atoms with Crippen molar-refractivity contribution in [1.82, 2.24) is 0 Å². The molecule has 3 unspecified atom stereocenters. The van der Waals surface area contributed by atoms with Gasteiger partial charge in [0.15, 0.2) is 0 Å². The third kappa shape index (κ3) is 5.15. The van der Waals surface area contributed by atoms with E-state index in [0.717, 1.165) is 17.7 Å². The predicted octanol–water partition coefficient (Wildman–Crippen LogP) is 3.92. The highest BCUT2D eigenvalue weighted by atomic mass is 17.5. The lowest BCUT2D eigenvalue weighted by Crippen LogP contribution is -2.34. The van der Waals surface area contributed by atoms with Crippen molar-refractivity contribution >= 4 is 23.5 Å². The highest BCUT2D eigenvalue weighted by Gasteiger charge is 2.33. The van der Waals surface area contributed by atoms with Crippen molar-refractivity contribution in [2.75, 3.05) is 4.90 Å². The zero-order valence-corrected chi connectivity index (χ0v) is 17.9. The Morgan fingerprint density at radius 3 is 2.47 bits per heavy atom. The molecule has 0 saturated heterocycles. The average Bonchev–Trinajstić information content (AvgIpc) is 2.94. The number of anilines is 1. The summed E-state index contributed by atoms with van der Waals surface area (Å²) in [6, 6.07) is 6.59. The van der Waals surface area contributed by atoms with Crippen LogP contribution in [0.15, 0.2) is 35.9 Å². The molecule has 1 aliphatic heterocycles. The number of carbonyl (C=O) groups excluding carboxylic acids is 3. The van der Waals surface area contributed by atoms with E-state index in [1.807, 2.05) is 0 Å². The van der Waals surface area contributed by atoms with Crippen LogP contribution in [0.4, 0.5) is 5.69 Å². The molecular formula is C23H29NO6. The molecule has 1 aliphatic carbocycles. The number of nitrogens with zero attached hydrogens (tertiary/aromatic N) is 1. The summed E-state index contributed by atoms with van der Waals surface area (Å²) in [7, 11) is 0. The average molecular weight is 415 g/mol. The number of amides is 2. The summed E-state index contributed by atoms with van der Waals surface area (Å²) in [6.45, 7) is 8.11. The van der Waals surface area contributed by atoms with Gasteiger partial charge in [0.05, 0.1) is 12.1 Å². The standard InChI is InChI=1S/C23H29NO6/c1-14(2)19-10-5-15(3)11-20(19)28-30-29-22(26)13-17-6-8-18(9-7-17)24-21(25)12-16(4)23(24)27/h6-9,12,14-15,19-20H,5,10-11,13H2,1-4H3. The lowest BCUT2D eigenvalue weighted by atomic mass is 9.75. The molecule has 30 heavy (non-hydrogen) atoms. The van der Waals surface area contributed by atoms with Crippen LogP contribution < -0.4 is 4.90 Å². The summed E-state index contributed by atoms with van der Waals surface area (Å²) in [5.41, 5.74) is 1.53. The zero-order valence-electron chi connectivity index (χ0n) is 17.9. The Morgan fingerprint density at radius 1 is 1.17 bits per heavy atom. The van der Waals surface area contributed by atoms with E-state index in [4.69, 9.17) is 14.8 Å². The fourth-order valence-electron chi connectivity index (χ4n) is 4.12. The van der Waals surface area contributed by atoms with Gasteiger partial charge in [0, 0.05) is 11.6 Å². The highest BCUT2D eigenvalue weighted by molar-refractivity contribution is 6.30. The van der Waals surface area contributed by atoms with Crippen LogP contribution >= 0.6 is 0 Å². The lowest BCUT2D eigenvalue weighted by Gasteiger charge is -2.35. The molecule has 0 aromatic heterocycles. The van der Waals surface area contributed by atoms with Gasteiger partial charge in [-0.05, 0) is 60.3 Å². The van der Waals surface area contributed by atoms with Gasteiger partial charge in [-0.25, -0.2) is 9.69 Å². The highest BCUT2D eigenvalue weighted by Crippen LogP contribution is 2.35. The molecule has 1 fully saturated rings. The van der Waals surface area contributed by atoms with E-state index in [1.165, 1.54) is 12.5 Å². The summed E-state index contributed by atoms with van der Waals surface area (Å²) in [5.74, 6) is 0.103. The fourth-order valence-corrected chi connectivity index (χ4v) is 4.12. The minimum Gasteiger partial charge on any atom is -0.269 e. The molecule has 7 heteroatoms. The van der Waals surface area contributed by atoms with Crippen LogP contribution in [0.25, 0.3) is 0 Å². The first-order valence-corrected chi connectivity index (χ1v) is 10.4. The number of hydrogen-bond acceptors (Lipinski definition) is 6. The van der Waals surface area contributed by atoms with Gasteiger partial charge in [-0.1, -0.05) is 39.3 Å². The summed E-state index contributed by atoms with van der Waals surface area (Å²) in [6.07, 6.45) is 4.32. The van der Waals surface area contributed by atoms with E-state index >= 15 is 0 Å². The first kappa shape index (κ1) is 22.2. The van der Waals surface area contributed by atoms with Crippen LogP contribution in [0.3, 0.4) is 0 Å². The molecule has 1 aromatic rings. The van der Waals surface area contributed by atoms with Crippen molar-refractivity contribution in [2.24, 2.45) is 17.8 Å². The SMILES string of the molecule is CC1=CC(=O)N(c2ccc(CC(=O)OOOC3CC(C)CCC3C(C)C)cc2)C1=O. The number of carbonyl (C=O) groups is 3. The van der Waals surface area contributed by atoms with Gasteiger partial charge in [0.2, 0.25) is 0 Å². The van der Waals surface area contributed by atoms with E-state index in [9.17, 15) is 14.4 Å². The lowest BCUT2D eigenvalue weighted by molar-refractivity contribution is -0.508. The molecule has 1 heterocycles. The van der Waals surface area contributed by atoms with Crippen molar-refractivity contribution in [3.05, 3.63) is 41.5 Å². The van der Waals surface area contributed by atoms with Crippen LogP contribution in [0.1, 0.15) is 52.5 Å². The minimum absolute atomic E-state index is 0.0164. The molecule has 2 aliphatic rings. The van der Waals surface area contributed by atoms with Gasteiger partial charge < -0.3 is 0 Å². The number of hydrogen-bond donors (Lipinski definition) is 0. The van der Waals surface area contributed by atoms with Crippen LogP contribution in [0.2, 0.25) is 0 Å². The minimum atomic E-state index is -0.585. The third-order valence-corrected chi connectivity index (χ3v) is 5.89. The molecular weight excluding hydrogens is 386 g/mol. The Labute approximate surface area is 176 Å².